The lowest BCUT2D eigenvalue weighted by molar-refractivity contribution is 0.234. The van der Waals surface area contributed by atoms with Gasteiger partial charge in [0.15, 0.2) is 11.4 Å². The summed E-state index contributed by atoms with van der Waals surface area (Å²) >= 11 is 0. The second kappa shape index (κ2) is 6.54. The molecule has 1 amide bonds. The summed E-state index contributed by atoms with van der Waals surface area (Å²) in [5.74, 6) is 0. The van der Waals surface area contributed by atoms with Gasteiger partial charge in [-0.05, 0) is 18.6 Å². The normalized spacial score (nSPS) is 19.1. The van der Waals surface area contributed by atoms with E-state index < -0.39 is 0 Å². The van der Waals surface area contributed by atoms with Crippen LogP contribution in [0.25, 0.3) is 5.70 Å². The first-order valence-corrected chi connectivity index (χ1v) is 8.59. The molecule has 2 heterocycles. The molecule has 0 saturated carbocycles. The minimum atomic E-state index is -0.139. The van der Waals surface area contributed by atoms with Crippen molar-refractivity contribution in [2.24, 2.45) is 4.99 Å². The molecule has 0 aliphatic carbocycles. The summed E-state index contributed by atoms with van der Waals surface area (Å²) in [5.41, 5.74) is 3.63. The first kappa shape index (κ1) is 16.2. The Morgan fingerprint density at radius 3 is 2.35 bits per heavy atom. The van der Waals surface area contributed by atoms with Gasteiger partial charge in [-0.15, -0.1) is 4.48 Å². The molecule has 0 radical (unpaired) electrons. The van der Waals surface area contributed by atoms with Crippen molar-refractivity contribution >= 4 is 23.8 Å². The lowest BCUT2D eigenvalue weighted by Gasteiger charge is -2.29. The van der Waals surface area contributed by atoms with E-state index in [1.54, 1.807) is 18.7 Å². The van der Waals surface area contributed by atoms with Crippen LogP contribution in [0.3, 0.4) is 0 Å². The molecule has 5 heteroatoms. The summed E-state index contributed by atoms with van der Waals surface area (Å²) in [6.45, 7) is 2.06. The zero-order chi connectivity index (χ0) is 18.0. The van der Waals surface area contributed by atoms with E-state index in [1.165, 1.54) is 10.9 Å². The highest BCUT2D eigenvalue weighted by molar-refractivity contribution is 6.15. The number of amides is 1. The van der Waals surface area contributed by atoms with Gasteiger partial charge in [0.25, 0.3) is 0 Å². The molecule has 1 aliphatic rings. The first-order chi connectivity index (χ1) is 12.8. The lowest BCUT2D eigenvalue weighted by atomic mass is 10.1. The van der Waals surface area contributed by atoms with Gasteiger partial charge >= 0.3 is 6.03 Å². The number of benzene rings is 2. The molecule has 1 atom stereocenters. The van der Waals surface area contributed by atoms with E-state index in [1.807, 2.05) is 60.7 Å². The van der Waals surface area contributed by atoms with Crippen molar-refractivity contribution in [3.8, 4) is 0 Å². The van der Waals surface area contributed by atoms with E-state index in [0.717, 1.165) is 29.1 Å². The highest BCUT2D eigenvalue weighted by Gasteiger charge is 2.49. The Bertz CT molecular complexity index is 975. The molecule has 128 valence electrons. The van der Waals surface area contributed by atoms with E-state index in [4.69, 9.17) is 0 Å². The minimum Gasteiger partial charge on any atom is -0.245 e. The van der Waals surface area contributed by atoms with Gasteiger partial charge in [-0.25, -0.2) is 19.3 Å². The van der Waals surface area contributed by atoms with Gasteiger partial charge in [0, 0.05) is 30.1 Å². The van der Waals surface area contributed by atoms with Crippen LogP contribution in [0.15, 0.2) is 90.1 Å². The molecule has 4 rings (SSSR count). The molecule has 0 saturated heterocycles. The van der Waals surface area contributed by atoms with Crippen molar-refractivity contribution in [2.45, 2.75) is 13.3 Å². The third-order valence-electron chi connectivity index (χ3n) is 4.59. The van der Waals surface area contributed by atoms with Crippen LogP contribution in [0.5, 0.6) is 0 Å². The summed E-state index contributed by atoms with van der Waals surface area (Å²) in [6, 6.07) is 19.6. The second-order valence-corrected chi connectivity index (χ2v) is 6.07. The fourth-order valence-electron chi connectivity index (χ4n) is 3.37. The van der Waals surface area contributed by atoms with Crippen molar-refractivity contribution in [2.75, 3.05) is 0 Å². The van der Waals surface area contributed by atoms with Crippen LogP contribution in [0.4, 0.5) is 10.5 Å². The van der Waals surface area contributed by atoms with Gasteiger partial charge in [0.2, 0.25) is 6.34 Å². The largest absolute Gasteiger partial charge is 0.444 e. The molecule has 2 aromatic carbocycles. The van der Waals surface area contributed by atoms with Crippen LogP contribution in [-0.4, -0.2) is 21.9 Å². The third-order valence-corrected chi connectivity index (χ3v) is 4.59. The number of quaternary nitrogens is 1. The minimum absolute atomic E-state index is 0.0929. The molecule has 26 heavy (non-hydrogen) atoms. The van der Waals surface area contributed by atoms with E-state index in [0.29, 0.717) is 0 Å². The number of rotatable bonds is 3. The molecule has 0 bridgehead atoms. The first-order valence-electron chi connectivity index (χ1n) is 8.59. The highest BCUT2D eigenvalue weighted by atomic mass is 16.2. The molecular formula is C21H19N4O+. The Hall–Kier alpha value is -3.31. The van der Waals surface area contributed by atoms with Crippen molar-refractivity contribution in [3.05, 3.63) is 90.6 Å². The van der Waals surface area contributed by atoms with E-state index in [-0.39, 0.29) is 10.5 Å². The van der Waals surface area contributed by atoms with Gasteiger partial charge < -0.3 is 0 Å². The van der Waals surface area contributed by atoms with Crippen LogP contribution >= 0.6 is 0 Å². The molecule has 0 fully saturated rings. The van der Waals surface area contributed by atoms with Gasteiger partial charge in [-0.1, -0.05) is 43.3 Å². The van der Waals surface area contributed by atoms with Crippen LogP contribution in [0.2, 0.25) is 0 Å². The molecule has 5 nitrogen and oxygen atoms in total. The number of hydrogen-bond acceptors (Lipinski definition) is 3. The molecule has 0 spiro atoms. The summed E-state index contributed by atoms with van der Waals surface area (Å²) < 4.78 is 1.42. The number of aliphatic imine (C=N–C) groups is 1. The second-order valence-electron chi connectivity index (χ2n) is 6.07. The summed E-state index contributed by atoms with van der Waals surface area (Å²) in [7, 11) is 0. The van der Waals surface area contributed by atoms with Crippen LogP contribution < -0.4 is 4.48 Å². The standard InChI is InChI=1S/C21H19N4O/c1-2-19-20(17-9-5-3-6-10-17)25(16-23-19,18-11-7-4-8-12-18)21(26)24-14-13-22-15-24/h3-16H,2H2,1H3/q+1. The maximum Gasteiger partial charge on any atom is 0.444 e. The lowest BCUT2D eigenvalue weighted by Crippen LogP contribution is -2.52. The Labute approximate surface area is 152 Å². The number of carbonyl (C=O) groups is 1. The Morgan fingerprint density at radius 1 is 1.04 bits per heavy atom. The monoisotopic (exact) mass is 343 g/mol. The number of allylic oxidation sites excluding steroid dienone is 1. The smallest absolute Gasteiger partial charge is 0.245 e. The van der Waals surface area contributed by atoms with E-state index >= 15 is 0 Å². The molecule has 1 aromatic heterocycles. The number of carbonyl (C=O) groups excluding carboxylic acids is 1. The van der Waals surface area contributed by atoms with Crippen molar-refractivity contribution in [1.29, 1.82) is 0 Å². The Kier molecular flexibility index (Phi) is 4.07. The van der Waals surface area contributed by atoms with Crippen molar-refractivity contribution in [1.82, 2.24) is 14.0 Å². The average molecular weight is 343 g/mol. The maximum atomic E-state index is 13.6. The summed E-state index contributed by atoms with van der Waals surface area (Å²) in [6.07, 6.45) is 7.29. The SMILES string of the molecule is CCC1=C(c2ccccc2)[N+](C(=O)n2ccnc2)(c2ccccc2)C=N1. The average Bonchev–Trinajstić information content (AvgIpc) is 3.37. The number of hydrogen-bond donors (Lipinski definition) is 0. The quantitative estimate of drug-likeness (QED) is 0.648. The predicted octanol–water partition coefficient (Wildman–Crippen LogP) is 4.68. The molecule has 1 unspecified atom stereocenters. The number of para-hydroxylation sites is 1. The molecule has 3 aromatic rings. The van der Waals surface area contributed by atoms with E-state index in [9.17, 15) is 4.79 Å². The maximum absolute atomic E-state index is 13.6. The van der Waals surface area contributed by atoms with Gasteiger partial charge in [-0.2, -0.15) is 0 Å². The van der Waals surface area contributed by atoms with Gasteiger partial charge in [0.05, 0.1) is 0 Å². The highest BCUT2D eigenvalue weighted by Crippen LogP contribution is 2.41. The van der Waals surface area contributed by atoms with Crippen LogP contribution in [0.1, 0.15) is 18.9 Å². The third kappa shape index (κ3) is 2.41. The fraction of sp³-hybridized carbons (Fsp3) is 0.0952. The number of imidazole rings is 1. The predicted molar refractivity (Wildman–Crippen MR) is 103 cm³/mol. The summed E-state index contributed by atoms with van der Waals surface area (Å²) in [5, 5.41) is 0. The topological polar surface area (TPSA) is 47.2 Å². The van der Waals surface area contributed by atoms with Crippen LogP contribution in [0, 0.1) is 0 Å². The van der Waals surface area contributed by atoms with Gasteiger partial charge in [0.1, 0.15) is 12.0 Å². The molecule has 1 aliphatic heterocycles. The van der Waals surface area contributed by atoms with E-state index in [2.05, 4.69) is 16.9 Å². The summed E-state index contributed by atoms with van der Waals surface area (Å²) in [4.78, 5) is 22.3. The Morgan fingerprint density at radius 2 is 1.73 bits per heavy atom. The fourth-order valence-corrected chi connectivity index (χ4v) is 3.37. The zero-order valence-electron chi connectivity index (χ0n) is 14.5. The molecule has 0 N–H and O–H groups in total. The number of aromatic nitrogens is 2. The Balaban J connectivity index is 2.01. The van der Waals surface area contributed by atoms with Crippen molar-refractivity contribution in [3.63, 3.8) is 0 Å². The number of nitrogens with zero attached hydrogens (tertiary/aromatic N) is 4. The zero-order valence-corrected chi connectivity index (χ0v) is 14.5. The van der Waals surface area contributed by atoms with Crippen molar-refractivity contribution < 1.29 is 4.79 Å². The molecular weight excluding hydrogens is 324 g/mol. The van der Waals surface area contributed by atoms with Crippen LogP contribution in [-0.2, 0) is 0 Å². The van der Waals surface area contributed by atoms with Gasteiger partial charge in [-0.3, -0.25) is 0 Å².